The van der Waals surface area contributed by atoms with Crippen LogP contribution in [0.1, 0.15) is 40.5 Å². The van der Waals surface area contributed by atoms with E-state index in [4.69, 9.17) is 4.74 Å². The van der Waals surface area contributed by atoms with E-state index in [0.717, 1.165) is 0 Å². The van der Waals surface area contributed by atoms with Crippen LogP contribution >= 0.6 is 0 Å². The Labute approximate surface area is 111 Å². The summed E-state index contributed by atoms with van der Waals surface area (Å²) in [7, 11) is 0. The van der Waals surface area contributed by atoms with Crippen molar-refractivity contribution in [3.63, 3.8) is 0 Å². The van der Waals surface area contributed by atoms with E-state index >= 15 is 0 Å². The van der Waals surface area contributed by atoms with Gasteiger partial charge in [0.05, 0.1) is 5.92 Å². The van der Waals surface area contributed by atoms with Crippen molar-refractivity contribution < 1.29 is 22.7 Å². The second kappa shape index (κ2) is 5.79. The predicted molar refractivity (Wildman–Crippen MR) is 65.6 cm³/mol. The van der Waals surface area contributed by atoms with Crippen LogP contribution in [0.3, 0.4) is 0 Å². The third kappa shape index (κ3) is 4.18. The highest BCUT2D eigenvalue weighted by Gasteiger charge is 2.47. The number of ketones is 1. The lowest BCUT2D eigenvalue weighted by molar-refractivity contribution is -0.184. The van der Waals surface area contributed by atoms with Crippen LogP contribution in [0.15, 0.2) is 0 Å². The number of hydrogen-bond acceptors (Lipinski definition) is 3. The Morgan fingerprint density at radius 1 is 1.26 bits per heavy atom. The molecule has 0 aliphatic carbocycles. The molecule has 1 aliphatic heterocycles. The lowest BCUT2D eigenvalue weighted by Crippen LogP contribution is -2.57. The lowest BCUT2D eigenvalue weighted by Gasteiger charge is -2.39. The van der Waals surface area contributed by atoms with E-state index in [1.807, 2.05) is 0 Å². The summed E-state index contributed by atoms with van der Waals surface area (Å²) in [6.45, 7) is 7.30. The molecule has 0 amide bonds. The Bertz CT molecular complexity index is 323. The molecule has 3 unspecified atom stereocenters. The summed E-state index contributed by atoms with van der Waals surface area (Å²) >= 11 is 0. The van der Waals surface area contributed by atoms with Gasteiger partial charge in [-0.2, -0.15) is 13.2 Å². The van der Waals surface area contributed by atoms with Crippen LogP contribution in [-0.4, -0.2) is 30.8 Å². The number of ether oxygens (including phenoxy) is 1. The largest absolute Gasteiger partial charge is 0.403 e. The van der Waals surface area contributed by atoms with Crippen LogP contribution in [0.25, 0.3) is 0 Å². The van der Waals surface area contributed by atoms with Crippen LogP contribution in [0.5, 0.6) is 0 Å². The number of carbonyl (C=O) groups excluding carboxylic acids is 1. The number of halogens is 3. The number of piperidine rings is 1. The van der Waals surface area contributed by atoms with Gasteiger partial charge in [0.2, 0.25) is 0 Å². The summed E-state index contributed by atoms with van der Waals surface area (Å²) in [4.78, 5) is 12.3. The standard InChI is InChI=1S/C13H22F3NO2/c1-5-19-11-8(10(18)12(2,3)4)6-7-9(17-11)13(14,15)16/h8-9,11,17H,5-7H2,1-4H3. The monoisotopic (exact) mass is 281 g/mol. The maximum Gasteiger partial charge on any atom is 0.403 e. The van der Waals surface area contributed by atoms with Crippen LogP contribution in [-0.2, 0) is 9.53 Å². The molecular formula is C13H22F3NO2. The van der Waals surface area contributed by atoms with Crippen LogP contribution < -0.4 is 5.32 Å². The average Bonchev–Trinajstić information content (AvgIpc) is 2.26. The summed E-state index contributed by atoms with van der Waals surface area (Å²) in [6, 6.07) is -1.59. The van der Waals surface area contributed by atoms with E-state index in [2.05, 4.69) is 5.32 Å². The number of carbonyl (C=O) groups is 1. The molecule has 0 saturated carbocycles. The molecule has 0 spiro atoms. The first-order chi connectivity index (χ1) is 8.57. The van der Waals surface area contributed by atoms with Gasteiger partial charge < -0.3 is 4.74 Å². The second-order valence-electron chi connectivity index (χ2n) is 5.93. The third-order valence-corrected chi connectivity index (χ3v) is 3.31. The van der Waals surface area contributed by atoms with Gasteiger partial charge in [-0.15, -0.1) is 0 Å². The zero-order valence-corrected chi connectivity index (χ0v) is 11.8. The molecule has 0 aromatic carbocycles. The van der Waals surface area contributed by atoms with Crippen molar-refractivity contribution in [1.82, 2.24) is 5.32 Å². The number of alkyl halides is 3. The van der Waals surface area contributed by atoms with Gasteiger partial charge in [-0.1, -0.05) is 20.8 Å². The number of nitrogens with one attached hydrogen (secondary N) is 1. The minimum absolute atomic E-state index is 0.0564. The van der Waals surface area contributed by atoms with Crippen molar-refractivity contribution in [2.24, 2.45) is 11.3 Å². The van der Waals surface area contributed by atoms with E-state index < -0.39 is 29.8 Å². The van der Waals surface area contributed by atoms with E-state index in [1.54, 1.807) is 27.7 Å². The summed E-state index contributed by atoms with van der Waals surface area (Å²) in [5.41, 5.74) is -0.577. The van der Waals surface area contributed by atoms with Crippen LogP contribution in [0.4, 0.5) is 13.2 Å². The van der Waals surface area contributed by atoms with Crippen LogP contribution in [0.2, 0.25) is 0 Å². The average molecular weight is 281 g/mol. The quantitative estimate of drug-likeness (QED) is 0.864. The molecule has 1 rings (SSSR count). The first-order valence-electron chi connectivity index (χ1n) is 6.56. The fraction of sp³-hybridized carbons (Fsp3) is 0.923. The highest BCUT2D eigenvalue weighted by molar-refractivity contribution is 5.86. The molecule has 1 aliphatic rings. The summed E-state index contributed by atoms with van der Waals surface area (Å²) in [6.07, 6.45) is -5.03. The maximum atomic E-state index is 12.7. The minimum atomic E-state index is -4.30. The van der Waals surface area contributed by atoms with Crippen molar-refractivity contribution in [2.75, 3.05) is 6.61 Å². The summed E-state index contributed by atoms with van der Waals surface area (Å²) < 4.78 is 43.4. The first-order valence-corrected chi connectivity index (χ1v) is 6.56. The van der Waals surface area contributed by atoms with Crippen molar-refractivity contribution in [3.05, 3.63) is 0 Å². The molecule has 1 N–H and O–H groups in total. The Morgan fingerprint density at radius 2 is 1.84 bits per heavy atom. The number of Topliss-reactive ketones (excluding diaryl/α,β-unsaturated/α-hetero) is 1. The molecule has 19 heavy (non-hydrogen) atoms. The summed E-state index contributed by atoms with van der Waals surface area (Å²) in [5, 5.41) is 2.43. The topological polar surface area (TPSA) is 38.3 Å². The molecular weight excluding hydrogens is 259 g/mol. The molecule has 0 aromatic heterocycles. The van der Waals surface area contributed by atoms with Crippen molar-refractivity contribution in [1.29, 1.82) is 0 Å². The highest BCUT2D eigenvalue weighted by Crippen LogP contribution is 2.34. The zero-order valence-electron chi connectivity index (χ0n) is 11.8. The van der Waals surface area contributed by atoms with Gasteiger partial charge >= 0.3 is 6.18 Å². The zero-order chi connectivity index (χ0) is 14.8. The lowest BCUT2D eigenvalue weighted by atomic mass is 9.78. The molecule has 0 bridgehead atoms. The first kappa shape index (κ1) is 16.4. The summed E-state index contributed by atoms with van der Waals surface area (Å²) in [5.74, 6) is -0.572. The predicted octanol–water partition coefficient (Wildman–Crippen LogP) is 2.89. The molecule has 1 fully saturated rings. The van der Waals surface area contributed by atoms with E-state index in [0.29, 0.717) is 0 Å². The number of hydrogen-bond donors (Lipinski definition) is 1. The Kier molecular flexibility index (Phi) is 5.01. The maximum absolute atomic E-state index is 12.7. The van der Waals surface area contributed by atoms with Crippen LogP contribution in [0, 0.1) is 11.3 Å². The molecule has 0 radical (unpaired) electrons. The fourth-order valence-electron chi connectivity index (χ4n) is 2.32. The van der Waals surface area contributed by atoms with Gasteiger partial charge in [-0.3, -0.25) is 10.1 Å². The van der Waals surface area contributed by atoms with E-state index in [9.17, 15) is 18.0 Å². The Hall–Kier alpha value is -0.620. The van der Waals surface area contributed by atoms with Gasteiger partial charge in [0.25, 0.3) is 0 Å². The number of rotatable bonds is 3. The third-order valence-electron chi connectivity index (χ3n) is 3.31. The molecule has 1 heterocycles. The Morgan fingerprint density at radius 3 is 2.26 bits per heavy atom. The highest BCUT2D eigenvalue weighted by atomic mass is 19.4. The second-order valence-corrected chi connectivity index (χ2v) is 5.93. The fourth-order valence-corrected chi connectivity index (χ4v) is 2.32. The van der Waals surface area contributed by atoms with E-state index in [-0.39, 0.29) is 25.2 Å². The molecule has 112 valence electrons. The van der Waals surface area contributed by atoms with Crippen molar-refractivity contribution >= 4 is 5.78 Å². The molecule has 6 heteroatoms. The molecule has 0 aromatic rings. The van der Waals surface area contributed by atoms with Crippen molar-refractivity contribution in [3.8, 4) is 0 Å². The van der Waals surface area contributed by atoms with Gasteiger partial charge in [0.15, 0.2) is 0 Å². The normalized spacial score (nSPS) is 29.3. The molecule has 3 nitrogen and oxygen atoms in total. The van der Waals surface area contributed by atoms with Crippen molar-refractivity contribution in [2.45, 2.75) is 59.0 Å². The van der Waals surface area contributed by atoms with Gasteiger partial charge in [-0.05, 0) is 19.8 Å². The molecule has 3 atom stereocenters. The Balaban J connectivity index is 2.82. The van der Waals surface area contributed by atoms with E-state index in [1.165, 1.54) is 0 Å². The minimum Gasteiger partial charge on any atom is -0.363 e. The van der Waals surface area contributed by atoms with Gasteiger partial charge in [0.1, 0.15) is 18.1 Å². The van der Waals surface area contributed by atoms with Gasteiger partial charge in [-0.25, -0.2) is 0 Å². The smallest absolute Gasteiger partial charge is 0.363 e. The SMILES string of the molecule is CCOC1NC(C(F)(F)F)CCC1C(=O)C(C)(C)C. The molecule has 1 saturated heterocycles. The van der Waals surface area contributed by atoms with Gasteiger partial charge in [0, 0.05) is 12.0 Å².